The maximum absolute atomic E-state index is 11.2. The molecule has 98 valence electrons. The zero-order valence-electron chi connectivity index (χ0n) is 9.49. The summed E-state index contributed by atoms with van der Waals surface area (Å²) in [6.07, 6.45) is 0.198. The van der Waals surface area contributed by atoms with Gasteiger partial charge in [-0.15, -0.1) is 0 Å². The van der Waals surface area contributed by atoms with Crippen molar-refractivity contribution >= 4 is 15.8 Å². The molecule has 0 unspecified atom stereocenters. The minimum absolute atomic E-state index is 0.187. The van der Waals surface area contributed by atoms with Crippen LogP contribution in [0, 0.1) is 10.1 Å². The molecule has 1 fully saturated rings. The molecule has 18 heavy (non-hydrogen) atoms. The number of epoxide rings is 1. The zero-order chi connectivity index (χ0) is 13.6. The zero-order valence-corrected chi connectivity index (χ0v) is 10.3. The highest BCUT2D eigenvalue weighted by molar-refractivity contribution is 7.85. The Morgan fingerprint density at radius 1 is 1.56 bits per heavy atom. The van der Waals surface area contributed by atoms with Crippen molar-refractivity contribution in [2.75, 3.05) is 6.61 Å². The molecule has 1 N–H and O–H groups in total. The predicted molar refractivity (Wildman–Crippen MR) is 61.0 cm³/mol. The molecule has 0 amide bonds. The Morgan fingerprint density at radius 3 is 2.61 bits per heavy atom. The van der Waals surface area contributed by atoms with Crippen LogP contribution in [0.2, 0.25) is 0 Å². The van der Waals surface area contributed by atoms with Crippen molar-refractivity contribution in [2.24, 2.45) is 0 Å². The third kappa shape index (κ3) is 2.66. The first-order chi connectivity index (χ1) is 8.21. The minimum Gasteiger partial charge on any atom is -0.370 e. The number of nitrogens with zero attached hydrogens (tertiary/aromatic N) is 1. The number of ether oxygens (including phenoxy) is 1. The van der Waals surface area contributed by atoms with Gasteiger partial charge in [-0.05, 0) is 18.6 Å². The van der Waals surface area contributed by atoms with E-state index in [1.54, 1.807) is 6.92 Å². The number of hydrogen-bond acceptors (Lipinski definition) is 5. The summed E-state index contributed by atoms with van der Waals surface area (Å²) in [5, 5.41) is 10.7. The van der Waals surface area contributed by atoms with Gasteiger partial charge in [-0.1, -0.05) is 0 Å². The van der Waals surface area contributed by atoms with E-state index in [9.17, 15) is 18.5 Å². The fourth-order valence-electron chi connectivity index (χ4n) is 1.70. The molecule has 0 aromatic heterocycles. The summed E-state index contributed by atoms with van der Waals surface area (Å²) in [7, 11) is -4.40. The van der Waals surface area contributed by atoms with Crippen LogP contribution in [0.1, 0.15) is 12.5 Å². The summed E-state index contributed by atoms with van der Waals surface area (Å²) in [5.74, 6) is 0. The monoisotopic (exact) mass is 273 g/mol. The Labute approximate surface area is 103 Å². The number of nitro groups is 1. The number of hydrogen-bond donors (Lipinski definition) is 1. The topological polar surface area (TPSA) is 110 Å². The van der Waals surface area contributed by atoms with Crippen LogP contribution in [-0.2, 0) is 21.3 Å². The molecule has 1 atom stereocenters. The Hall–Kier alpha value is -1.51. The summed E-state index contributed by atoms with van der Waals surface area (Å²) < 4.78 is 36.6. The lowest BCUT2D eigenvalue weighted by Gasteiger charge is -2.09. The van der Waals surface area contributed by atoms with Crippen LogP contribution in [-0.4, -0.2) is 30.1 Å². The van der Waals surface area contributed by atoms with Crippen molar-refractivity contribution < 1.29 is 22.6 Å². The van der Waals surface area contributed by atoms with E-state index in [0.29, 0.717) is 6.61 Å². The Balaban J connectivity index is 2.49. The van der Waals surface area contributed by atoms with E-state index in [1.165, 1.54) is 0 Å². The van der Waals surface area contributed by atoms with E-state index in [-0.39, 0.29) is 22.6 Å². The van der Waals surface area contributed by atoms with Crippen molar-refractivity contribution in [3.63, 3.8) is 0 Å². The molecule has 2 rings (SSSR count). The second-order valence-corrected chi connectivity index (χ2v) is 5.83. The molecule has 0 bridgehead atoms. The molecule has 1 aromatic carbocycles. The first-order valence-corrected chi connectivity index (χ1v) is 6.54. The van der Waals surface area contributed by atoms with Crippen LogP contribution in [0.4, 0.5) is 5.69 Å². The quantitative estimate of drug-likeness (QED) is 0.381. The lowest BCUT2D eigenvalue weighted by molar-refractivity contribution is -0.385. The van der Waals surface area contributed by atoms with Gasteiger partial charge in [0.2, 0.25) is 0 Å². The standard InChI is InChI=1S/C10H11NO6S/c1-10(6-17-10)5-7-4-8(11(12)13)2-3-9(7)18(14,15)16/h2-4H,5-6H2,1H3,(H,14,15,16)/t10-/m0/s1. The van der Waals surface area contributed by atoms with E-state index < -0.39 is 20.6 Å². The molecule has 0 radical (unpaired) electrons. The molecule has 1 aliphatic heterocycles. The van der Waals surface area contributed by atoms with Crippen molar-refractivity contribution in [1.29, 1.82) is 0 Å². The second kappa shape index (κ2) is 4.01. The third-order valence-electron chi connectivity index (χ3n) is 2.73. The number of benzene rings is 1. The normalized spacial score (nSPS) is 22.8. The Kier molecular flexibility index (Phi) is 2.88. The largest absolute Gasteiger partial charge is 0.370 e. The Bertz CT molecular complexity index is 605. The van der Waals surface area contributed by atoms with E-state index in [1.807, 2.05) is 0 Å². The third-order valence-corrected chi connectivity index (χ3v) is 3.69. The smallest absolute Gasteiger partial charge is 0.294 e. The number of non-ortho nitro benzene ring substituents is 1. The van der Waals surface area contributed by atoms with Gasteiger partial charge in [0.05, 0.1) is 22.0 Å². The van der Waals surface area contributed by atoms with Crippen LogP contribution >= 0.6 is 0 Å². The maximum Gasteiger partial charge on any atom is 0.294 e. The van der Waals surface area contributed by atoms with Gasteiger partial charge in [0.25, 0.3) is 15.8 Å². The highest BCUT2D eigenvalue weighted by atomic mass is 32.2. The van der Waals surface area contributed by atoms with Gasteiger partial charge in [-0.3, -0.25) is 14.7 Å². The number of rotatable bonds is 4. The van der Waals surface area contributed by atoms with E-state index in [2.05, 4.69) is 0 Å². The first kappa shape index (κ1) is 12.9. The summed E-state index contributed by atoms with van der Waals surface area (Å²) in [6, 6.07) is 3.23. The summed E-state index contributed by atoms with van der Waals surface area (Å²) in [4.78, 5) is 9.73. The maximum atomic E-state index is 11.2. The fraction of sp³-hybridized carbons (Fsp3) is 0.400. The average Bonchev–Trinajstić information content (AvgIpc) is 2.94. The van der Waals surface area contributed by atoms with Gasteiger partial charge >= 0.3 is 0 Å². The summed E-state index contributed by atoms with van der Waals surface area (Å²) >= 11 is 0. The van der Waals surface area contributed by atoms with Crippen molar-refractivity contribution in [3.8, 4) is 0 Å². The van der Waals surface area contributed by atoms with Gasteiger partial charge in [-0.25, -0.2) is 0 Å². The fourth-order valence-corrected chi connectivity index (χ4v) is 2.40. The SMILES string of the molecule is C[C@]1(Cc2cc([N+](=O)[O-])ccc2S(=O)(=O)O)CO1. The molecule has 1 saturated heterocycles. The molecule has 0 spiro atoms. The molecule has 0 saturated carbocycles. The van der Waals surface area contributed by atoms with E-state index >= 15 is 0 Å². The first-order valence-electron chi connectivity index (χ1n) is 5.10. The van der Waals surface area contributed by atoms with Gasteiger partial charge in [-0.2, -0.15) is 8.42 Å². The van der Waals surface area contributed by atoms with Crippen LogP contribution in [0.5, 0.6) is 0 Å². The van der Waals surface area contributed by atoms with Gasteiger partial charge in [0.1, 0.15) is 0 Å². The lowest BCUT2D eigenvalue weighted by Crippen LogP contribution is -2.13. The minimum atomic E-state index is -4.40. The van der Waals surface area contributed by atoms with Crippen molar-refractivity contribution in [3.05, 3.63) is 33.9 Å². The average molecular weight is 273 g/mol. The Morgan fingerprint density at radius 2 is 2.17 bits per heavy atom. The van der Waals surface area contributed by atoms with Crippen molar-refractivity contribution in [2.45, 2.75) is 23.8 Å². The van der Waals surface area contributed by atoms with Crippen LogP contribution in [0.3, 0.4) is 0 Å². The molecular formula is C10H11NO6S. The molecule has 1 heterocycles. The van der Waals surface area contributed by atoms with Gasteiger partial charge in [0, 0.05) is 18.6 Å². The van der Waals surface area contributed by atoms with Crippen LogP contribution < -0.4 is 0 Å². The van der Waals surface area contributed by atoms with E-state index in [4.69, 9.17) is 9.29 Å². The van der Waals surface area contributed by atoms with E-state index in [0.717, 1.165) is 18.2 Å². The molecule has 7 nitrogen and oxygen atoms in total. The molecule has 1 aromatic rings. The molecule has 0 aliphatic carbocycles. The highest BCUT2D eigenvalue weighted by Gasteiger charge is 2.40. The lowest BCUT2D eigenvalue weighted by atomic mass is 10.0. The van der Waals surface area contributed by atoms with Crippen LogP contribution in [0.15, 0.2) is 23.1 Å². The highest BCUT2D eigenvalue weighted by Crippen LogP contribution is 2.33. The molecular weight excluding hydrogens is 262 g/mol. The molecule has 1 aliphatic rings. The number of nitro benzene ring substituents is 1. The van der Waals surface area contributed by atoms with Crippen molar-refractivity contribution in [1.82, 2.24) is 0 Å². The van der Waals surface area contributed by atoms with Crippen LogP contribution in [0.25, 0.3) is 0 Å². The summed E-state index contributed by atoms with van der Waals surface area (Å²) in [5.41, 5.74) is -0.539. The molecule has 8 heteroatoms. The summed E-state index contributed by atoms with van der Waals surface area (Å²) in [6.45, 7) is 2.22. The van der Waals surface area contributed by atoms with Gasteiger partial charge < -0.3 is 4.74 Å². The second-order valence-electron chi connectivity index (χ2n) is 4.44. The van der Waals surface area contributed by atoms with Gasteiger partial charge in [0.15, 0.2) is 0 Å². The predicted octanol–water partition coefficient (Wildman–Crippen LogP) is 1.17.